The maximum atomic E-state index is 11.5. The van der Waals surface area contributed by atoms with Crippen molar-refractivity contribution in [3.8, 4) is 0 Å². The number of carboxylic acid groups (broad SMARTS) is 1. The predicted molar refractivity (Wildman–Crippen MR) is 55.5 cm³/mol. The minimum Gasteiger partial charge on any atom is -0.480 e. The number of thioether (sulfide) groups is 1. The van der Waals surface area contributed by atoms with Crippen LogP contribution >= 0.6 is 11.8 Å². The number of hydrogen-bond acceptors (Lipinski definition) is 5. The zero-order valence-corrected chi connectivity index (χ0v) is 9.03. The molecule has 1 saturated heterocycles. The van der Waals surface area contributed by atoms with E-state index in [2.05, 4.69) is 0 Å². The van der Waals surface area contributed by atoms with Crippen LogP contribution < -0.4 is 5.73 Å². The number of nitrogens with zero attached hydrogens (tertiary/aromatic N) is 1. The third kappa shape index (κ3) is 3.37. The van der Waals surface area contributed by atoms with Gasteiger partial charge in [0.25, 0.3) is 0 Å². The van der Waals surface area contributed by atoms with Crippen molar-refractivity contribution in [1.82, 2.24) is 4.90 Å². The van der Waals surface area contributed by atoms with Gasteiger partial charge < -0.3 is 20.5 Å². The van der Waals surface area contributed by atoms with E-state index in [9.17, 15) is 9.59 Å². The number of ether oxygens (including phenoxy) is 1. The molecule has 0 radical (unpaired) electrons. The van der Waals surface area contributed by atoms with E-state index in [0.717, 1.165) is 0 Å². The number of nitrogens with two attached hydrogens (primary N) is 1. The Hall–Kier alpha value is -0.790. The molecule has 0 bridgehead atoms. The Morgan fingerprint density at radius 3 is 2.93 bits per heavy atom. The van der Waals surface area contributed by atoms with Crippen LogP contribution in [0.4, 0.5) is 0 Å². The van der Waals surface area contributed by atoms with Gasteiger partial charge in [0, 0.05) is 12.3 Å². The molecule has 0 aromatic carbocycles. The highest BCUT2D eigenvalue weighted by Crippen LogP contribution is 2.20. The SMILES string of the molecule is NCCOCC(=O)N1CSCC1C(=O)O. The molecule has 1 fully saturated rings. The van der Waals surface area contributed by atoms with Gasteiger partial charge in [0.05, 0.1) is 12.5 Å². The molecule has 86 valence electrons. The summed E-state index contributed by atoms with van der Waals surface area (Å²) < 4.78 is 4.97. The molecule has 1 amide bonds. The van der Waals surface area contributed by atoms with E-state index >= 15 is 0 Å². The van der Waals surface area contributed by atoms with Gasteiger partial charge in [-0.2, -0.15) is 0 Å². The number of carbonyl (C=O) groups is 2. The standard InChI is InChI=1S/C8H14N2O4S/c9-1-2-14-3-7(11)10-5-15-4-6(10)8(12)13/h6H,1-5,9H2,(H,12,13). The molecule has 0 aliphatic carbocycles. The average Bonchev–Trinajstić information content (AvgIpc) is 2.66. The lowest BCUT2D eigenvalue weighted by atomic mass is 10.3. The number of rotatable bonds is 5. The molecule has 0 aromatic heterocycles. The Kier molecular flexibility index (Phi) is 4.86. The minimum atomic E-state index is -0.966. The molecule has 0 aromatic rings. The predicted octanol–water partition coefficient (Wildman–Crippen LogP) is -1.05. The third-order valence-electron chi connectivity index (χ3n) is 1.98. The third-order valence-corrected chi connectivity index (χ3v) is 2.99. The molecule has 0 spiro atoms. The monoisotopic (exact) mass is 234 g/mol. The zero-order chi connectivity index (χ0) is 11.3. The molecule has 1 aliphatic heterocycles. The van der Waals surface area contributed by atoms with E-state index in [1.807, 2.05) is 0 Å². The summed E-state index contributed by atoms with van der Waals surface area (Å²) in [5, 5.41) is 8.84. The lowest BCUT2D eigenvalue weighted by molar-refractivity contribution is -0.149. The van der Waals surface area contributed by atoms with Crippen molar-refractivity contribution in [2.24, 2.45) is 5.73 Å². The van der Waals surface area contributed by atoms with Crippen molar-refractivity contribution in [2.75, 3.05) is 31.4 Å². The van der Waals surface area contributed by atoms with E-state index in [-0.39, 0.29) is 12.5 Å². The molecule has 15 heavy (non-hydrogen) atoms. The van der Waals surface area contributed by atoms with Crippen LogP contribution in [-0.4, -0.2) is 59.3 Å². The van der Waals surface area contributed by atoms with Gasteiger partial charge in [-0.3, -0.25) is 4.79 Å². The molecule has 3 N–H and O–H groups in total. The Labute approximate surface area is 91.7 Å². The van der Waals surface area contributed by atoms with Crippen LogP contribution in [0.5, 0.6) is 0 Å². The Morgan fingerprint density at radius 1 is 1.60 bits per heavy atom. The van der Waals surface area contributed by atoms with Gasteiger partial charge in [-0.05, 0) is 0 Å². The van der Waals surface area contributed by atoms with Crippen LogP contribution in [0.1, 0.15) is 0 Å². The lowest BCUT2D eigenvalue weighted by Crippen LogP contribution is -2.43. The first-order valence-electron chi connectivity index (χ1n) is 4.54. The van der Waals surface area contributed by atoms with Crippen LogP contribution in [0.3, 0.4) is 0 Å². The highest BCUT2D eigenvalue weighted by atomic mass is 32.2. The summed E-state index contributed by atoms with van der Waals surface area (Å²) in [6.45, 7) is 0.566. The van der Waals surface area contributed by atoms with Crippen molar-refractivity contribution < 1.29 is 19.4 Å². The highest BCUT2D eigenvalue weighted by Gasteiger charge is 2.34. The van der Waals surface area contributed by atoms with E-state index in [1.54, 1.807) is 0 Å². The van der Waals surface area contributed by atoms with Crippen LogP contribution in [0.2, 0.25) is 0 Å². The number of carboxylic acids is 1. The summed E-state index contributed by atoms with van der Waals surface area (Å²) in [4.78, 5) is 23.6. The van der Waals surface area contributed by atoms with Gasteiger partial charge in [-0.15, -0.1) is 11.8 Å². The van der Waals surface area contributed by atoms with Gasteiger partial charge in [-0.25, -0.2) is 4.79 Å². The van der Waals surface area contributed by atoms with Crippen molar-refractivity contribution >= 4 is 23.6 Å². The molecule has 7 heteroatoms. The van der Waals surface area contributed by atoms with Crippen molar-refractivity contribution in [3.05, 3.63) is 0 Å². The van der Waals surface area contributed by atoms with Crippen LogP contribution in [0.25, 0.3) is 0 Å². The van der Waals surface area contributed by atoms with Gasteiger partial charge in [0.15, 0.2) is 0 Å². The van der Waals surface area contributed by atoms with E-state index < -0.39 is 12.0 Å². The quantitative estimate of drug-likeness (QED) is 0.589. The molecule has 1 unspecified atom stereocenters. The van der Waals surface area contributed by atoms with E-state index in [1.165, 1.54) is 16.7 Å². The molecule has 1 aliphatic rings. The molecule has 0 saturated carbocycles. The summed E-state index contributed by atoms with van der Waals surface area (Å²) in [5.74, 6) is -0.396. The largest absolute Gasteiger partial charge is 0.480 e. The number of aliphatic carboxylic acids is 1. The molecular formula is C8H14N2O4S. The van der Waals surface area contributed by atoms with Crippen molar-refractivity contribution in [2.45, 2.75) is 6.04 Å². The summed E-state index contributed by atoms with van der Waals surface area (Å²) in [6, 6.07) is -0.719. The average molecular weight is 234 g/mol. The minimum absolute atomic E-state index is 0.0957. The first kappa shape index (κ1) is 12.3. The molecule has 1 heterocycles. The Morgan fingerprint density at radius 2 is 2.33 bits per heavy atom. The smallest absolute Gasteiger partial charge is 0.327 e. The maximum Gasteiger partial charge on any atom is 0.327 e. The Balaban J connectivity index is 2.40. The molecule has 6 nitrogen and oxygen atoms in total. The lowest BCUT2D eigenvalue weighted by Gasteiger charge is -2.20. The number of amides is 1. The topological polar surface area (TPSA) is 92.9 Å². The van der Waals surface area contributed by atoms with Crippen LogP contribution in [-0.2, 0) is 14.3 Å². The van der Waals surface area contributed by atoms with Gasteiger partial charge >= 0.3 is 5.97 Å². The fraction of sp³-hybridized carbons (Fsp3) is 0.750. The number of carbonyl (C=O) groups excluding carboxylic acids is 1. The fourth-order valence-corrected chi connectivity index (χ4v) is 2.39. The van der Waals surface area contributed by atoms with E-state index in [4.69, 9.17) is 15.6 Å². The Bertz CT molecular complexity index is 249. The van der Waals surface area contributed by atoms with Crippen molar-refractivity contribution in [1.29, 1.82) is 0 Å². The normalized spacial score (nSPS) is 20.6. The van der Waals surface area contributed by atoms with Gasteiger partial charge in [0.2, 0.25) is 5.91 Å². The summed E-state index contributed by atoms with van der Waals surface area (Å²) in [7, 11) is 0. The second-order valence-corrected chi connectivity index (χ2v) is 4.06. The molecular weight excluding hydrogens is 220 g/mol. The highest BCUT2D eigenvalue weighted by molar-refractivity contribution is 7.99. The second-order valence-electron chi connectivity index (χ2n) is 3.06. The van der Waals surface area contributed by atoms with Gasteiger partial charge in [0.1, 0.15) is 12.6 Å². The van der Waals surface area contributed by atoms with E-state index in [0.29, 0.717) is 24.8 Å². The molecule has 1 rings (SSSR count). The summed E-state index contributed by atoms with van der Waals surface area (Å²) in [5.41, 5.74) is 5.20. The second kappa shape index (κ2) is 5.94. The first-order valence-corrected chi connectivity index (χ1v) is 5.70. The summed E-state index contributed by atoms with van der Waals surface area (Å²) in [6.07, 6.45) is 0. The zero-order valence-electron chi connectivity index (χ0n) is 8.22. The maximum absolute atomic E-state index is 11.5. The summed E-state index contributed by atoms with van der Waals surface area (Å²) >= 11 is 1.43. The first-order chi connectivity index (χ1) is 7.16. The van der Waals surface area contributed by atoms with Crippen LogP contribution in [0.15, 0.2) is 0 Å². The van der Waals surface area contributed by atoms with Crippen molar-refractivity contribution in [3.63, 3.8) is 0 Å². The molecule has 1 atom stereocenters. The fourth-order valence-electron chi connectivity index (χ4n) is 1.22. The van der Waals surface area contributed by atoms with Crippen LogP contribution in [0, 0.1) is 0 Å². The van der Waals surface area contributed by atoms with Gasteiger partial charge in [-0.1, -0.05) is 0 Å². The number of hydrogen-bond donors (Lipinski definition) is 2.